The highest BCUT2D eigenvalue weighted by Crippen LogP contribution is 2.43. The largest absolute Gasteiger partial charge is 0.459 e. The molecule has 4 heterocycles. The van der Waals surface area contributed by atoms with Gasteiger partial charge in [-0.15, -0.1) is 0 Å². The smallest absolute Gasteiger partial charge is 0.326 e. The molecule has 3 atom stereocenters. The second kappa shape index (κ2) is 12.2. The second-order valence-electron chi connectivity index (χ2n) is 11.4. The molecule has 10 nitrogen and oxygen atoms in total. The molecule has 0 unspecified atom stereocenters. The van der Waals surface area contributed by atoms with Crippen LogP contribution in [0.2, 0.25) is 0 Å². The minimum atomic E-state index is -0.688. The van der Waals surface area contributed by atoms with E-state index in [4.69, 9.17) is 9.47 Å². The van der Waals surface area contributed by atoms with Gasteiger partial charge in [0.2, 0.25) is 12.2 Å². The number of hydrogen-bond donors (Lipinski definition) is 2. The first-order valence-electron chi connectivity index (χ1n) is 15.1. The third kappa shape index (κ3) is 5.41. The lowest BCUT2D eigenvalue weighted by Crippen LogP contribution is -2.44. The van der Waals surface area contributed by atoms with Crippen LogP contribution >= 0.6 is 0 Å². The number of carbonyl (C=O) groups excluding carboxylic acids is 2. The third-order valence-corrected chi connectivity index (χ3v) is 8.80. The highest BCUT2D eigenvalue weighted by molar-refractivity contribution is 5.95. The monoisotopic (exact) mass is 586 g/mol. The van der Waals surface area contributed by atoms with Gasteiger partial charge in [-0.1, -0.05) is 30.3 Å². The lowest BCUT2D eigenvalue weighted by Gasteiger charge is -2.39. The number of aromatic amines is 1. The van der Waals surface area contributed by atoms with Gasteiger partial charge in [0, 0.05) is 62.7 Å². The number of aliphatic hydroxyl groups excluding tert-OH is 1. The van der Waals surface area contributed by atoms with Crippen LogP contribution < -0.4 is 5.69 Å². The molecule has 1 amide bonds. The zero-order valence-corrected chi connectivity index (χ0v) is 24.6. The summed E-state index contributed by atoms with van der Waals surface area (Å²) >= 11 is 0. The van der Waals surface area contributed by atoms with Crippen LogP contribution in [0.5, 0.6) is 0 Å². The number of nitrogens with zero attached hydrogens (tertiary/aromatic N) is 3. The number of para-hydroxylation sites is 3. The number of amides is 1. The Kier molecular flexibility index (Phi) is 8.23. The average Bonchev–Trinajstić information content (AvgIpc) is 3.57. The number of ether oxygens (including phenoxy) is 2. The third-order valence-electron chi connectivity index (χ3n) is 8.80. The van der Waals surface area contributed by atoms with Crippen LogP contribution in [0.15, 0.2) is 71.4 Å². The Labute approximate surface area is 249 Å². The molecule has 0 radical (unpaired) electrons. The Morgan fingerprint density at radius 2 is 1.79 bits per heavy atom. The lowest BCUT2D eigenvalue weighted by atomic mass is 9.80. The number of carbonyl (C=O) groups is 2. The molecule has 0 spiro atoms. The van der Waals surface area contributed by atoms with Crippen molar-refractivity contribution in [1.82, 2.24) is 19.0 Å². The molecule has 0 bridgehead atoms. The first-order chi connectivity index (χ1) is 20.9. The molecule has 6 rings (SSSR count). The normalized spacial score (nSPS) is 21.2. The van der Waals surface area contributed by atoms with Crippen molar-refractivity contribution in [3.8, 4) is 0 Å². The van der Waals surface area contributed by atoms with E-state index >= 15 is 0 Å². The van der Waals surface area contributed by atoms with E-state index in [0.717, 1.165) is 27.5 Å². The molecule has 2 aromatic carbocycles. The zero-order chi connectivity index (χ0) is 30.1. The van der Waals surface area contributed by atoms with Crippen LogP contribution in [0.3, 0.4) is 0 Å². The zero-order valence-electron chi connectivity index (χ0n) is 24.6. The standard InChI is InChI=1S/C33H38N4O6/c1-3-42-32-24(10-8-18-38)25(26-20-36(21(2)39)28-12-6-4-9-23(26)28)19-30(43-32)31(40)35-16-14-22(15-17-35)37-29-13-7-5-11-27(29)34-33(37)41/h4-7,9,11-13,19-20,22,24-25,32,38H,3,8,10,14-18H2,1-2H3,(H,34,41)/t24-,25+,32-/m1/s1. The van der Waals surface area contributed by atoms with E-state index in [1.165, 1.54) is 6.92 Å². The van der Waals surface area contributed by atoms with Gasteiger partial charge in [0.15, 0.2) is 5.76 Å². The van der Waals surface area contributed by atoms with Crippen molar-refractivity contribution in [1.29, 1.82) is 0 Å². The average molecular weight is 587 g/mol. The fraction of sp³-hybridized carbons (Fsp3) is 0.424. The summed E-state index contributed by atoms with van der Waals surface area (Å²) in [5.41, 5.74) is 3.27. The van der Waals surface area contributed by atoms with E-state index in [1.54, 1.807) is 9.47 Å². The Morgan fingerprint density at radius 1 is 1.07 bits per heavy atom. The quantitative estimate of drug-likeness (QED) is 0.313. The van der Waals surface area contributed by atoms with Gasteiger partial charge in [0.1, 0.15) is 0 Å². The number of piperidine rings is 1. The number of aromatic nitrogens is 3. The molecule has 2 N–H and O–H groups in total. The highest BCUT2D eigenvalue weighted by atomic mass is 16.7. The van der Waals surface area contributed by atoms with E-state index in [0.29, 0.717) is 45.4 Å². The van der Waals surface area contributed by atoms with Crippen LogP contribution in [0, 0.1) is 5.92 Å². The van der Waals surface area contributed by atoms with Crippen molar-refractivity contribution in [2.75, 3.05) is 26.3 Å². The number of likely N-dealkylation sites (tertiary alicyclic amines) is 1. The molecule has 1 saturated heterocycles. The van der Waals surface area contributed by atoms with Crippen LogP contribution in [-0.4, -0.2) is 68.5 Å². The molecule has 1 fully saturated rings. The van der Waals surface area contributed by atoms with Crippen LogP contribution in [0.1, 0.15) is 61.8 Å². The van der Waals surface area contributed by atoms with Gasteiger partial charge in [0.25, 0.3) is 5.91 Å². The van der Waals surface area contributed by atoms with Crippen LogP contribution in [0.25, 0.3) is 21.9 Å². The van der Waals surface area contributed by atoms with Gasteiger partial charge < -0.3 is 24.5 Å². The van der Waals surface area contributed by atoms with Gasteiger partial charge >= 0.3 is 5.69 Å². The topological polar surface area (TPSA) is 119 Å². The fourth-order valence-corrected chi connectivity index (χ4v) is 6.77. The van der Waals surface area contributed by atoms with Crippen molar-refractivity contribution in [3.05, 3.63) is 82.6 Å². The Morgan fingerprint density at radius 3 is 2.51 bits per heavy atom. The molecular formula is C33H38N4O6. The molecule has 2 aromatic heterocycles. The molecule has 2 aliphatic heterocycles. The number of rotatable bonds is 8. The maximum absolute atomic E-state index is 14.0. The number of imidazole rings is 1. The minimum absolute atomic E-state index is 0.0153. The predicted molar refractivity (Wildman–Crippen MR) is 163 cm³/mol. The molecule has 4 aromatic rings. The predicted octanol–water partition coefficient (Wildman–Crippen LogP) is 4.56. The number of allylic oxidation sites excluding steroid dienone is 1. The molecule has 0 saturated carbocycles. The number of benzene rings is 2. The van der Waals surface area contributed by atoms with Gasteiger partial charge in [0.05, 0.1) is 16.6 Å². The van der Waals surface area contributed by atoms with Crippen LogP contribution in [-0.2, 0) is 14.3 Å². The summed E-state index contributed by atoms with van der Waals surface area (Å²) in [5.74, 6) is -0.528. The van der Waals surface area contributed by atoms with E-state index in [9.17, 15) is 19.5 Å². The van der Waals surface area contributed by atoms with Gasteiger partial charge in [-0.05, 0) is 62.4 Å². The number of H-pyrrole nitrogens is 1. The number of fused-ring (bicyclic) bond motifs is 2. The molecule has 226 valence electrons. The molecule has 2 aliphatic rings. The van der Waals surface area contributed by atoms with E-state index in [2.05, 4.69) is 4.98 Å². The summed E-state index contributed by atoms with van der Waals surface area (Å²) in [6, 6.07) is 15.4. The second-order valence-corrected chi connectivity index (χ2v) is 11.4. The van der Waals surface area contributed by atoms with Crippen molar-refractivity contribution in [2.24, 2.45) is 5.92 Å². The molecule has 0 aliphatic carbocycles. The molecule has 43 heavy (non-hydrogen) atoms. The molecular weight excluding hydrogens is 548 g/mol. The first-order valence-corrected chi connectivity index (χ1v) is 15.1. The Balaban J connectivity index is 1.31. The summed E-state index contributed by atoms with van der Waals surface area (Å²) in [4.78, 5) is 44.0. The van der Waals surface area contributed by atoms with E-state index < -0.39 is 6.29 Å². The van der Waals surface area contributed by atoms with Crippen molar-refractivity contribution in [3.63, 3.8) is 0 Å². The van der Waals surface area contributed by atoms with Gasteiger partial charge in [-0.25, -0.2) is 4.79 Å². The minimum Gasteiger partial charge on any atom is -0.459 e. The SMILES string of the molecule is CCO[C@@H]1OC(C(=O)N2CCC(n3c(=O)[nH]c4ccccc43)CC2)=C[C@H](c2cn(C(C)=O)c3ccccc23)[C@H]1CCCO. The number of nitrogens with one attached hydrogen (secondary N) is 1. The summed E-state index contributed by atoms with van der Waals surface area (Å²) in [7, 11) is 0. The fourth-order valence-electron chi connectivity index (χ4n) is 6.77. The van der Waals surface area contributed by atoms with E-state index in [1.807, 2.05) is 72.3 Å². The van der Waals surface area contributed by atoms with Gasteiger partial charge in [-0.3, -0.25) is 18.7 Å². The summed E-state index contributed by atoms with van der Waals surface area (Å²) < 4.78 is 15.8. The number of hydrogen-bond acceptors (Lipinski definition) is 6. The Hall–Kier alpha value is -4.15. The molecule has 10 heteroatoms. The first kappa shape index (κ1) is 28.9. The lowest BCUT2D eigenvalue weighted by molar-refractivity contribution is -0.170. The van der Waals surface area contributed by atoms with Crippen LogP contribution in [0.4, 0.5) is 0 Å². The van der Waals surface area contributed by atoms with Gasteiger partial charge in [-0.2, -0.15) is 0 Å². The summed E-state index contributed by atoms with van der Waals surface area (Å²) in [6.07, 6.45) is 5.51. The van der Waals surface area contributed by atoms with Crippen molar-refractivity contribution in [2.45, 2.75) is 57.8 Å². The summed E-state index contributed by atoms with van der Waals surface area (Å²) in [6.45, 7) is 4.82. The maximum atomic E-state index is 14.0. The maximum Gasteiger partial charge on any atom is 0.326 e. The van der Waals surface area contributed by atoms with Crippen molar-refractivity contribution < 1.29 is 24.2 Å². The highest BCUT2D eigenvalue weighted by Gasteiger charge is 2.40. The summed E-state index contributed by atoms with van der Waals surface area (Å²) in [5, 5.41) is 10.6. The van der Waals surface area contributed by atoms with Crippen molar-refractivity contribution >= 4 is 33.8 Å². The van der Waals surface area contributed by atoms with E-state index in [-0.39, 0.29) is 47.7 Å². The number of aliphatic hydroxyl groups is 1. The Bertz CT molecular complexity index is 1720.